The molecule has 16 heavy (non-hydrogen) atoms. The van der Waals surface area contributed by atoms with E-state index in [9.17, 15) is 4.79 Å². The molecule has 0 fully saturated rings. The highest BCUT2D eigenvalue weighted by atomic mass is 35.5. The molecule has 90 valence electrons. The van der Waals surface area contributed by atoms with Crippen molar-refractivity contribution in [3.63, 3.8) is 0 Å². The van der Waals surface area contributed by atoms with E-state index in [0.717, 1.165) is 18.5 Å². The van der Waals surface area contributed by atoms with Gasteiger partial charge in [0.2, 0.25) is 5.91 Å². The fourth-order valence-electron chi connectivity index (χ4n) is 1.31. The summed E-state index contributed by atoms with van der Waals surface area (Å²) in [5, 5.41) is 7.64. The molecule has 0 aliphatic rings. The van der Waals surface area contributed by atoms with E-state index in [4.69, 9.17) is 11.6 Å². The Kier molecular flexibility index (Phi) is 4.80. The molecule has 1 heterocycles. The van der Waals surface area contributed by atoms with Crippen molar-refractivity contribution in [1.82, 2.24) is 15.1 Å². The van der Waals surface area contributed by atoms with Crippen LogP contribution in [-0.2, 0) is 4.79 Å². The first kappa shape index (κ1) is 13.0. The number of unbranched alkanes of at least 4 members (excludes halogenated alkanes) is 1. The van der Waals surface area contributed by atoms with Gasteiger partial charge in [0, 0.05) is 12.7 Å². The Morgan fingerprint density at radius 1 is 1.69 bits per heavy atom. The monoisotopic (exact) mass is 243 g/mol. The number of halogens is 1. The zero-order valence-corrected chi connectivity index (χ0v) is 10.7. The highest BCUT2D eigenvalue weighted by Crippen LogP contribution is 2.15. The van der Waals surface area contributed by atoms with Crippen LogP contribution in [0.2, 0.25) is 5.02 Å². The van der Waals surface area contributed by atoms with Crippen LogP contribution in [0.4, 0.5) is 0 Å². The summed E-state index contributed by atoms with van der Waals surface area (Å²) in [6.45, 7) is 6.43. The number of hydrogen-bond acceptors (Lipinski definition) is 2. The maximum atomic E-state index is 11.7. The summed E-state index contributed by atoms with van der Waals surface area (Å²) in [7, 11) is 0. The Balaban J connectivity index is 2.56. The van der Waals surface area contributed by atoms with Gasteiger partial charge in [-0.05, 0) is 20.3 Å². The van der Waals surface area contributed by atoms with Gasteiger partial charge < -0.3 is 5.32 Å². The number of aromatic nitrogens is 2. The van der Waals surface area contributed by atoms with Gasteiger partial charge in [-0.25, -0.2) is 0 Å². The van der Waals surface area contributed by atoms with Crippen LogP contribution in [0.3, 0.4) is 0 Å². The van der Waals surface area contributed by atoms with Gasteiger partial charge in [-0.2, -0.15) is 5.10 Å². The minimum Gasteiger partial charge on any atom is -0.354 e. The quantitative estimate of drug-likeness (QED) is 0.807. The molecule has 1 amide bonds. The molecule has 1 unspecified atom stereocenters. The molecular weight excluding hydrogens is 226 g/mol. The van der Waals surface area contributed by atoms with Crippen molar-refractivity contribution in [1.29, 1.82) is 0 Å². The van der Waals surface area contributed by atoms with Gasteiger partial charge in [0.1, 0.15) is 6.04 Å². The molecule has 0 radical (unpaired) electrons. The number of nitrogens with zero attached hydrogens (tertiary/aromatic N) is 2. The Morgan fingerprint density at radius 3 is 2.88 bits per heavy atom. The van der Waals surface area contributed by atoms with Crippen molar-refractivity contribution in [3.8, 4) is 0 Å². The highest BCUT2D eigenvalue weighted by Gasteiger charge is 2.16. The number of carbonyl (C=O) groups excluding carboxylic acids is 1. The van der Waals surface area contributed by atoms with Gasteiger partial charge in [-0.15, -0.1) is 0 Å². The number of nitrogens with one attached hydrogen (secondary N) is 1. The summed E-state index contributed by atoms with van der Waals surface area (Å²) in [4.78, 5) is 11.7. The minimum atomic E-state index is -0.317. The van der Waals surface area contributed by atoms with Crippen molar-refractivity contribution < 1.29 is 4.79 Å². The lowest BCUT2D eigenvalue weighted by Gasteiger charge is -2.12. The Hall–Kier alpha value is -1.03. The standard InChI is InChI=1S/C11H18ClN3O/c1-4-5-6-13-11(16)9(3)15-7-10(12)8(2)14-15/h7,9H,4-6H2,1-3H3,(H,13,16). The first-order valence-corrected chi connectivity index (χ1v) is 5.93. The van der Waals surface area contributed by atoms with Crippen LogP contribution in [0.1, 0.15) is 38.4 Å². The molecule has 5 heteroatoms. The summed E-state index contributed by atoms with van der Waals surface area (Å²) in [5.41, 5.74) is 0.745. The van der Waals surface area contributed by atoms with Gasteiger partial charge in [0.15, 0.2) is 0 Å². The molecule has 0 aliphatic heterocycles. The lowest BCUT2D eigenvalue weighted by molar-refractivity contribution is -0.124. The number of aryl methyl sites for hydroxylation is 1. The van der Waals surface area contributed by atoms with Crippen LogP contribution in [0.5, 0.6) is 0 Å². The summed E-state index contributed by atoms with van der Waals surface area (Å²) < 4.78 is 1.60. The summed E-state index contributed by atoms with van der Waals surface area (Å²) >= 11 is 5.89. The van der Waals surface area contributed by atoms with Gasteiger partial charge in [-0.3, -0.25) is 9.48 Å². The number of rotatable bonds is 5. The fraction of sp³-hybridized carbons (Fsp3) is 0.636. The first-order valence-electron chi connectivity index (χ1n) is 5.55. The van der Waals surface area contributed by atoms with Crippen LogP contribution in [0.25, 0.3) is 0 Å². The second kappa shape index (κ2) is 5.89. The zero-order chi connectivity index (χ0) is 12.1. The van der Waals surface area contributed by atoms with Crippen molar-refractivity contribution in [2.75, 3.05) is 6.54 Å². The van der Waals surface area contributed by atoms with Crippen LogP contribution in [-0.4, -0.2) is 22.2 Å². The second-order valence-corrected chi connectivity index (χ2v) is 4.27. The molecule has 0 aliphatic carbocycles. The van der Waals surface area contributed by atoms with E-state index in [1.54, 1.807) is 10.9 Å². The average Bonchev–Trinajstić information content (AvgIpc) is 2.58. The maximum Gasteiger partial charge on any atom is 0.244 e. The molecule has 4 nitrogen and oxygen atoms in total. The number of carbonyl (C=O) groups is 1. The average molecular weight is 244 g/mol. The third-order valence-corrected chi connectivity index (χ3v) is 2.83. The Labute approximate surface area is 101 Å². The fourth-order valence-corrected chi connectivity index (χ4v) is 1.45. The van der Waals surface area contributed by atoms with E-state index in [1.807, 2.05) is 13.8 Å². The van der Waals surface area contributed by atoms with Gasteiger partial charge in [0.05, 0.1) is 10.7 Å². The predicted molar refractivity (Wildman–Crippen MR) is 64.6 cm³/mol. The Morgan fingerprint density at radius 2 is 2.38 bits per heavy atom. The number of hydrogen-bond donors (Lipinski definition) is 1. The normalized spacial score (nSPS) is 12.5. The van der Waals surface area contributed by atoms with Crippen molar-refractivity contribution in [2.24, 2.45) is 0 Å². The first-order chi connectivity index (χ1) is 7.56. The predicted octanol–water partition coefficient (Wildman–Crippen LogP) is 2.32. The second-order valence-electron chi connectivity index (χ2n) is 3.86. The maximum absolute atomic E-state index is 11.7. The summed E-state index contributed by atoms with van der Waals surface area (Å²) in [5.74, 6) is -0.0207. The molecular formula is C11H18ClN3O. The van der Waals surface area contributed by atoms with Crippen molar-refractivity contribution in [2.45, 2.75) is 39.7 Å². The molecule has 0 spiro atoms. The van der Waals surface area contributed by atoms with Gasteiger partial charge in [-0.1, -0.05) is 24.9 Å². The van der Waals surface area contributed by atoms with E-state index in [1.165, 1.54) is 0 Å². The van der Waals surface area contributed by atoms with Gasteiger partial charge in [0.25, 0.3) is 0 Å². The summed E-state index contributed by atoms with van der Waals surface area (Å²) in [6, 6.07) is -0.317. The smallest absolute Gasteiger partial charge is 0.244 e. The van der Waals surface area contributed by atoms with Gasteiger partial charge >= 0.3 is 0 Å². The molecule has 1 aromatic heterocycles. The van der Waals surface area contributed by atoms with Crippen LogP contribution >= 0.6 is 11.6 Å². The molecule has 1 aromatic rings. The van der Waals surface area contributed by atoms with E-state index in [2.05, 4.69) is 17.3 Å². The third-order valence-electron chi connectivity index (χ3n) is 2.46. The largest absolute Gasteiger partial charge is 0.354 e. The summed E-state index contributed by atoms with van der Waals surface area (Å²) in [6.07, 6.45) is 3.75. The molecule has 0 saturated heterocycles. The lowest BCUT2D eigenvalue weighted by Crippen LogP contribution is -2.31. The molecule has 1 rings (SSSR count). The lowest BCUT2D eigenvalue weighted by atomic mass is 10.3. The minimum absolute atomic E-state index is 0.0207. The Bertz CT molecular complexity index is 343. The molecule has 0 aromatic carbocycles. The van der Waals surface area contributed by atoms with Crippen LogP contribution < -0.4 is 5.32 Å². The molecule has 0 saturated carbocycles. The molecule has 1 N–H and O–H groups in total. The highest BCUT2D eigenvalue weighted by molar-refractivity contribution is 6.31. The van der Waals surface area contributed by atoms with Crippen molar-refractivity contribution in [3.05, 3.63) is 16.9 Å². The third kappa shape index (κ3) is 3.23. The van der Waals surface area contributed by atoms with E-state index in [0.29, 0.717) is 11.6 Å². The van der Waals surface area contributed by atoms with Crippen LogP contribution in [0, 0.1) is 6.92 Å². The topological polar surface area (TPSA) is 46.9 Å². The van der Waals surface area contributed by atoms with Crippen molar-refractivity contribution >= 4 is 17.5 Å². The molecule has 0 bridgehead atoms. The zero-order valence-electron chi connectivity index (χ0n) is 9.96. The van der Waals surface area contributed by atoms with E-state index < -0.39 is 0 Å². The van der Waals surface area contributed by atoms with E-state index >= 15 is 0 Å². The number of amides is 1. The van der Waals surface area contributed by atoms with E-state index in [-0.39, 0.29) is 11.9 Å². The molecule has 1 atom stereocenters. The van der Waals surface area contributed by atoms with Crippen LogP contribution in [0.15, 0.2) is 6.20 Å². The SMILES string of the molecule is CCCCNC(=O)C(C)n1cc(Cl)c(C)n1.